The first-order chi connectivity index (χ1) is 9.93. The summed E-state index contributed by atoms with van der Waals surface area (Å²) in [4.78, 5) is 12.9. The van der Waals surface area contributed by atoms with E-state index in [0.29, 0.717) is 11.8 Å². The molecule has 0 radical (unpaired) electrons. The highest BCUT2D eigenvalue weighted by Gasteiger charge is 2.61. The first kappa shape index (κ1) is 13.3. The minimum absolute atomic E-state index is 0.0372. The van der Waals surface area contributed by atoms with Crippen LogP contribution in [-0.2, 0) is 11.2 Å². The van der Waals surface area contributed by atoms with Gasteiger partial charge in [-0.2, -0.15) is 0 Å². The van der Waals surface area contributed by atoms with Gasteiger partial charge in [0.05, 0.1) is 0 Å². The van der Waals surface area contributed by atoms with Crippen molar-refractivity contribution in [3.05, 3.63) is 47.0 Å². The Hall–Kier alpha value is -1.41. The highest BCUT2D eigenvalue weighted by molar-refractivity contribution is 5.95. The summed E-state index contributed by atoms with van der Waals surface area (Å²) in [6.45, 7) is 6.04. The van der Waals surface area contributed by atoms with Gasteiger partial charge < -0.3 is 5.11 Å². The summed E-state index contributed by atoms with van der Waals surface area (Å²) in [5, 5.41) is 10.8. The third-order valence-corrected chi connectivity index (χ3v) is 5.98. The molecule has 4 aliphatic rings. The first-order valence-corrected chi connectivity index (χ1v) is 7.99. The molecule has 4 aliphatic carbocycles. The van der Waals surface area contributed by atoms with E-state index in [-0.39, 0.29) is 23.5 Å². The van der Waals surface area contributed by atoms with E-state index >= 15 is 0 Å². The summed E-state index contributed by atoms with van der Waals surface area (Å²) in [5.74, 6) is 0.898. The van der Waals surface area contributed by atoms with Gasteiger partial charge in [-0.05, 0) is 36.3 Å². The molecule has 21 heavy (non-hydrogen) atoms. The van der Waals surface area contributed by atoms with E-state index in [1.807, 2.05) is 0 Å². The zero-order valence-corrected chi connectivity index (χ0v) is 12.8. The van der Waals surface area contributed by atoms with Crippen molar-refractivity contribution >= 4 is 5.78 Å². The molecule has 2 nitrogen and oxygen atoms in total. The van der Waals surface area contributed by atoms with Crippen molar-refractivity contribution in [3.8, 4) is 0 Å². The van der Waals surface area contributed by atoms with Crippen LogP contribution < -0.4 is 0 Å². The van der Waals surface area contributed by atoms with E-state index < -0.39 is 5.60 Å². The summed E-state index contributed by atoms with van der Waals surface area (Å²) in [5.41, 5.74) is 2.76. The number of carbonyl (C=O) groups is 1. The third-order valence-electron chi connectivity index (χ3n) is 5.98. The minimum Gasteiger partial charge on any atom is -0.382 e. The minimum atomic E-state index is -1.19. The molecule has 0 spiro atoms. The second-order valence-electron chi connectivity index (χ2n) is 7.43. The largest absolute Gasteiger partial charge is 0.382 e. The molecule has 0 saturated heterocycles. The van der Waals surface area contributed by atoms with Crippen molar-refractivity contribution in [2.75, 3.05) is 0 Å². The highest BCUT2D eigenvalue weighted by atomic mass is 16.3. The fourth-order valence-electron chi connectivity index (χ4n) is 5.00. The van der Waals surface area contributed by atoms with Crippen molar-refractivity contribution < 1.29 is 9.90 Å². The van der Waals surface area contributed by atoms with Crippen LogP contribution in [0.1, 0.15) is 37.8 Å². The van der Waals surface area contributed by atoms with Gasteiger partial charge in [-0.3, -0.25) is 4.79 Å². The molecule has 1 N–H and O–H groups in total. The van der Waals surface area contributed by atoms with Crippen molar-refractivity contribution in [1.29, 1.82) is 0 Å². The average Bonchev–Trinajstić information content (AvgIpc) is 2.82. The van der Waals surface area contributed by atoms with Crippen LogP contribution in [0.3, 0.4) is 0 Å². The fourth-order valence-corrected chi connectivity index (χ4v) is 5.00. The highest BCUT2D eigenvalue weighted by Crippen LogP contribution is 2.60. The van der Waals surface area contributed by atoms with Gasteiger partial charge in [-0.1, -0.05) is 49.8 Å². The van der Waals surface area contributed by atoms with Crippen molar-refractivity contribution in [3.63, 3.8) is 0 Å². The number of ketones is 1. The Balaban J connectivity index is 1.91. The fraction of sp³-hybridized carbons (Fsp3) is 0.526. The maximum absolute atomic E-state index is 12.9. The standard InChI is InChI=1S/C19H22O2/c1-10(2)13-9-15-14-8-11-6-4-5-7-12(11)16(14)17(13)18(20)19(15,3)21/h4-7,9-10,14-17,21H,8H2,1-3H3. The van der Waals surface area contributed by atoms with E-state index in [0.717, 1.165) is 6.42 Å². The smallest absolute Gasteiger partial charge is 0.172 e. The van der Waals surface area contributed by atoms with Crippen LogP contribution >= 0.6 is 0 Å². The van der Waals surface area contributed by atoms with E-state index in [1.165, 1.54) is 16.7 Å². The number of aliphatic hydroxyl groups is 1. The summed E-state index contributed by atoms with van der Waals surface area (Å²) in [6.07, 6.45) is 3.22. The molecule has 0 aliphatic heterocycles. The normalized spacial score (nSPS) is 40.2. The van der Waals surface area contributed by atoms with Gasteiger partial charge in [0.1, 0.15) is 5.60 Å². The Labute approximate surface area is 125 Å². The van der Waals surface area contributed by atoms with Gasteiger partial charge >= 0.3 is 0 Å². The number of rotatable bonds is 1. The van der Waals surface area contributed by atoms with Crippen molar-refractivity contribution in [1.82, 2.24) is 0 Å². The number of Topliss-reactive ketones (excluding diaryl/α,β-unsaturated/α-hetero) is 1. The molecule has 0 amide bonds. The van der Waals surface area contributed by atoms with E-state index in [4.69, 9.17) is 0 Å². The molecule has 1 aromatic rings. The van der Waals surface area contributed by atoms with Crippen LogP contribution in [0.25, 0.3) is 0 Å². The number of fused-ring (bicyclic) bond motifs is 2. The third kappa shape index (κ3) is 1.54. The zero-order valence-electron chi connectivity index (χ0n) is 12.8. The first-order valence-electron chi connectivity index (χ1n) is 7.99. The van der Waals surface area contributed by atoms with Crippen molar-refractivity contribution in [2.45, 2.75) is 38.7 Å². The second-order valence-corrected chi connectivity index (χ2v) is 7.43. The maximum atomic E-state index is 12.9. The molecule has 5 atom stereocenters. The Kier molecular flexibility index (Phi) is 2.57. The monoisotopic (exact) mass is 282 g/mol. The Morgan fingerprint density at radius 2 is 2.00 bits per heavy atom. The lowest BCUT2D eigenvalue weighted by molar-refractivity contribution is -0.155. The molecular formula is C19H22O2. The summed E-state index contributed by atoms with van der Waals surface area (Å²) >= 11 is 0. The molecule has 5 rings (SSSR count). The predicted octanol–water partition coefficient (Wildman–Crippen LogP) is 3.10. The van der Waals surface area contributed by atoms with Gasteiger partial charge in [-0.25, -0.2) is 0 Å². The Morgan fingerprint density at radius 3 is 2.71 bits per heavy atom. The van der Waals surface area contributed by atoms with Crippen LogP contribution in [0.5, 0.6) is 0 Å². The predicted molar refractivity (Wildman–Crippen MR) is 81.9 cm³/mol. The number of allylic oxidation sites excluding steroid dienone is 1. The average molecular weight is 282 g/mol. The van der Waals surface area contributed by atoms with Crippen LogP contribution in [0, 0.1) is 23.7 Å². The molecule has 2 bridgehead atoms. The number of hydrogen-bond acceptors (Lipinski definition) is 2. The van der Waals surface area contributed by atoms with Gasteiger partial charge in [0, 0.05) is 17.8 Å². The van der Waals surface area contributed by atoms with Crippen LogP contribution in [-0.4, -0.2) is 16.5 Å². The molecule has 0 aromatic heterocycles. The van der Waals surface area contributed by atoms with Crippen LogP contribution in [0.2, 0.25) is 0 Å². The summed E-state index contributed by atoms with van der Waals surface area (Å²) in [6, 6.07) is 8.52. The topological polar surface area (TPSA) is 37.3 Å². The van der Waals surface area contributed by atoms with E-state index in [9.17, 15) is 9.90 Å². The zero-order chi connectivity index (χ0) is 14.9. The quantitative estimate of drug-likeness (QED) is 0.804. The molecule has 2 heteroatoms. The Bertz CT molecular complexity index is 653. The summed E-state index contributed by atoms with van der Waals surface area (Å²) in [7, 11) is 0. The number of hydrogen-bond donors (Lipinski definition) is 1. The molecule has 0 heterocycles. The van der Waals surface area contributed by atoms with Gasteiger partial charge in [0.2, 0.25) is 0 Å². The molecular weight excluding hydrogens is 260 g/mol. The van der Waals surface area contributed by atoms with Crippen LogP contribution in [0.15, 0.2) is 35.9 Å². The maximum Gasteiger partial charge on any atom is 0.172 e. The van der Waals surface area contributed by atoms with Crippen molar-refractivity contribution in [2.24, 2.45) is 23.7 Å². The lowest BCUT2D eigenvalue weighted by Gasteiger charge is -2.52. The lowest BCUT2D eigenvalue weighted by Crippen LogP contribution is -2.59. The molecule has 110 valence electrons. The molecule has 1 aromatic carbocycles. The van der Waals surface area contributed by atoms with Gasteiger partial charge in [0.25, 0.3) is 0 Å². The molecule has 1 saturated carbocycles. The lowest BCUT2D eigenvalue weighted by atomic mass is 9.52. The number of carbonyl (C=O) groups excluding carboxylic acids is 1. The van der Waals surface area contributed by atoms with Gasteiger partial charge in [-0.15, -0.1) is 0 Å². The second kappa shape index (κ2) is 4.07. The number of benzene rings is 1. The Morgan fingerprint density at radius 1 is 1.29 bits per heavy atom. The van der Waals surface area contributed by atoms with Crippen LogP contribution in [0.4, 0.5) is 0 Å². The summed E-state index contributed by atoms with van der Waals surface area (Å²) < 4.78 is 0. The van der Waals surface area contributed by atoms with E-state index in [2.05, 4.69) is 44.2 Å². The molecule has 1 fully saturated rings. The molecule has 5 unspecified atom stereocenters. The van der Waals surface area contributed by atoms with Gasteiger partial charge in [0.15, 0.2) is 5.78 Å². The van der Waals surface area contributed by atoms with E-state index in [1.54, 1.807) is 6.92 Å². The SMILES string of the molecule is CC(C)C1=CC2C3Cc4ccccc4C3C1C(=O)C2(C)O.